The molecule has 3 aromatic rings. The van der Waals surface area contributed by atoms with E-state index in [1.54, 1.807) is 12.1 Å². The summed E-state index contributed by atoms with van der Waals surface area (Å²) >= 11 is 1.35. The van der Waals surface area contributed by atoms with Crippen LogP contribution in [-0.2, 0) is 23.9 Å². The fourth-order valence-corrected chi connectivity index (χ4v) is 6.24. The minimum absolute atomic E-state index is 0.0377. The highest BCUT2D eigenvalue weighted by atomic mass is 32.1. The lowest BCUT2D eigenvalue weighted by molar-refractivity contribution is -0.150. The summed E-state index contributed by atoms with van der Waals surface area (Å²) in [5, 5.41) is 1.83. The molecular formula is C29H25FN2O5S. The van der Waals surface area contributed by atoms with Crippen molar-refractivity contribution < 1.29 is 28.2 Å². The lowest BCUT2D eigenvalue weighted by Crippen LogP contribution is -2.46. The molecular weight excluding hydrogens is 507 g/mol. The van der Waals surface area contributed by atoms with Crippen molar-refractivity contribution in [2.24, 2.45) is 11.7 Å². The number of esters is 2. The number of rotatable bonds is 5. The lowest BCUT2D eigenvalue weighted by Gasteiger charge is -2.43. The van der Waals surface area contributed by atoms with Crippen LogP contribution in [0.3, 0.4) is 0 Å². The maximum atomic E-state index is 14.4. The van der Waals surface area contributed by atoms with Crippen LogP contribution in [0.25, 0.3) is 0 Å². The molecule has 0 saturated carbocycles. The van der Waals surface area contributed by atoms with Gasteiger partial charge >= 0.3 is 11.9 Å². The van der Waals surface area contributed by atoms with Gasteiger partial charge < -0.3 is 15.2 Å². The second kappa shape index (κ2) is 10.3. The van der Waals surface area contributed by atoms with E-state index in [-0.39, 0.29) is 23.4 Å². The first-order chi connectivity index (χ1) is 18.4. The third-order valence-electron chi connectivity index (χ3n) is 7.02. The van der Waals surface area contributed by atoms with E-state index in [9.17, 15) is 18.8 Å². The summed E-state index contributed by atoms with van der Waals surface area (Å²) in [4.78, 5) is 42.9. The van der Waals surface area contributed by atoms with Crippen LogP contribution in [0.1, 0.15) is 28.7 Å². The number of nitrogens with zero attached hydrogens (tertiary/aromatic N) is 1. The largest absolute Gasteiger partial charge is 0.468 e. The molecule has 1 aliphatic heterocycles. The van der Waals surface area contributed by atoms with E-state index in [1.807, 2.05) is 41.8 Å². The van der Waals surface area contributed by atoms with E-state index in [0.29, 0.717) is 16.3 Å². The number of benzene rings is 2. The van der Waals surface area contributed by atoms with Crippen molar-refractivity contribution in [2.45, 2.75) is 18.3 Å². The number of methoxy groups -OCH3 is 2. The van der Waals surface area contributed by atoms with Crippen LogP contribution >= 0.6 is 11.3 Å². The van der Waals surface area contributed by atoms with Crippen LogP contribution in [0.2, 0.25) is 0 Å². The number of hydrogen-bond donors (Lipinski definition) is 1. The fourth-order valence-electron chi connectivity index (χ4n) is 5.40. The van der Waals surface area contributed by atoms with Crippen LogP contribution in [0.15, 0.2) is 94.8 Å². The molecule has 3 atom stereocenters. The molecule has 2 aromatic carbocycles. The lowest BCUT2D eigenvalue weighted by atomic mass is 9.68. The van der Waals surface area contributed by atoms with Crippen LogP contribution in [0.4, 0.5) is 10.1 Å². The second-order valence-corrected chi connectivity index (χ2v) is 9.98. The average molecular weight is 533 g/mol. The normalized spacial score (nSPS) is 21.3. The summed E-state index contributed by atoms with van der Waals surface area (Å²) in [7, 11) is 2.48. The zero-order valence-corrected chi connectivity index (χ0v) is 21.5. The molecule has 194 valence electrons. The van der Waals surface area contributed by atoms with Crippen molar-refractivity contribution in [3.63, 3.8) is 0 Å². The summed E-state index contributed by atoms with van der Waals surface area (Å²) in [6, 6.07) is 18.6. The predicted octanol–water partition coefficient (Wildman–Crippen LogP) is 4.63. The Kier molecular flexibility index (Phi) is 6.86. The van der Waals surface area contributed by atoms with Gasteiger partial charge in [0.1, 0.15) is 17.6 Å². The number of ketones is 1. The fraction of sp³-hybridized carbons (Fsp3) is 0.207. The van der Waals surface area contributed by atoms with E-state index >= 15 is 0 Å². The molecule has 1 aromatic heterocycles. The Balaban J connectivity index is 1.82. The molecule has 2 aliphatic rings. The number of carbonyl (C=O) groups excluding carboxylic acids is 3. The molecule has 2 N–H and O–H groups in total. The monoisotopic (exact) mass is 532 g/mol. The van der Waals surface area contributed by atoms with Gasteiger partial charge in [-0.1, -0.05) is 42.5 Å². The molecule has 0 fully saturated rings. The van der Waals surface area contributed by atoms with Crippen molar-refractivity contribution in [2.75, 3.05) is 19.1 Å². The van der Waals surface area contributed by atoms with Gasteiger partial charge in [0.25, 0.3) is 0 Å². The standard InChI is InChI=1S/C29H25FN2O5S/c1-36-28(34)22-19(16-8-4-3-5-9-16)15-20-23(26(22)33)24(21-12-7-13-38-21)25(29(35)37-2)27(31)32(20)18-11-6-10-17(30)14-18/h3-14,19,22,24H,15,31H2,1-2H3/t19-,22-,24-/m0/s1. The van der Waals surface area contributed by atoms with Crippen LogP contribution in [-0.4, -0.2) is 31.9 Å². The second-order valence-electron chi connectivity index (χ2n) is 9.00. The number of carbonyl (C=O) groups is 3. The number of halogens is 1. The third-order valence-corrected chi connectivity index (χ3v) is 7.96. The van der Waals surface area contributed by atoms with E-state index in [1.165, 1.54) is 48.7 Å². The minimum Gasteiger partial charge on any atom is -0.468 e. The Morgan fingerprint density at radius 1 is 1.03 bits per heavy atom. The number of allylic oxidation sites excluding steroid dienone is 2. The number of ether oxygens (including phenoxy) is 2. The van der Waals surface area contributed by atoms with Crippen molar-refractivity contribution in [3.05, 3.63) is 111 Å². The Morgan fingerprint density at radius 2 is 1.79 bits per heavy atom. The summed E-state index contributed by atoms with van der Waals surface area (Å²) in [5.41, 5.74) is 8.60. The molecule has 9 heteroatoms. The number of nitrogens with two attached hydrogens (primary N) is 1. The Bertz CT molecular complexity index is 1470. The topological polar surface area (TPSA) is 98.9 Å². The van der Waals surface area contributed by atoms with Crippen LogP contribution in [0, 0.1) is 11.7 Å². The number of Topliss-reactive ketones (excluding diaryl/α,β-unsaturated/α-hetero) is 1. The van der Waals surface area contributed by atoms with Crippen molar-refractivity contribution >= 4 is 34.7 Å². The Morgan fingerprint density at radius 3 is 2.42 bits per heavy atom. The summed E-state index contributed by atoms with van der Waals surface area (Å²) < 4.78 is 24.6. The molecule has 0 radical (unpaired) electrons. The molecule has 0 spiro atoms. The van der Waals surface area contributed by atoms with Crippen molar-refractivity contribution in [1.29, 1.82) is 0 Å². The predicted molar refractivity (Wildman–Crippen MR) is 141 cm³/mol. The number of hydrogen-bond acceptors (Lipinski definition) is 8. The van der Waals surface area contributed by atoms with Gasteiger partial charge in [-0.2, -0.15) is 0 Å². The zero-order valence-electron chi connectivity index (χ0n) is 20.7. The highest BCUT2D eigenvalue weighted by Crippen LogP contribution is 2.52. The first kappa shape index (κ1) is 25.4. The molecule has 0 bridgehead atoms. The van der Waals surface area contributed by atoms with E-state index in [4.69, 9.17) is 15.2 Å². The highest BCUT2D eigenvalue weighted by Gasteiger charge is 2.51. The maximum Gasteiger partial charge on any atom is 0.338 e. The maximum absolute atomic E-state index is 14.4. The quantitative estimate of drug-likeness (QED) is 0.378. The van der Waals surface area contributed by atoms with Crippen molar-refractivity contribution in [1.82, 2.24) is 0 Å². The van der Waals surface area contributed by atoms with Gasteiger partial charge in [-0.3, -0.25) is 14.5 Å². The van der Waals surface area contributed by atoms with Gasteiger partial charge in [0, 0.05) is 22.1 Å². The van der Waals surface area contributed by atoms with E-state index in [0.717, 1.165) is 5.56 Å². The van der Waals surface area contributed by atoms with Gasteiger partial charge in [0.2, 0.25) is 0 Å². The van der Waals surface area contributed by atoms with Gasteiger partial charge in [-0.05, 0) is 41.6 Å². The van der Waals surface area contributed by atoms with Gasteiger partial charge in [0.15, 0.2) is 5.78 Å². The Labute approximate surface area is 223 Å². The average Bonchev–Trinajstić information content (AvgIpc) is 3.46. The molecule has 5 rings (SSSR count). The Hall–Kier alpha value is -4.24. The molecule has 0 saturated heterocycles. The summed E-state index contributed by atoms with van der Waals surface area (Å²) in [6.07, 6.45) is 0.221. The molecule has 7 nitrogen and oxygen atoms in total. The molecule has 38 heavy (non-hydrogen) atoms. The number of thiophene rings is 1. The first-order valence-electron chi connectivity index (χ1n) is 11.9. The highest BCUT2D eigenvalue weighted by molar-refractivity contribution is 7.10. The first-order valence-corrected chi connectivity index (χ1v) is 12.8. The van der Waals surface area contributed by atoms with Gasteiger partial charge in [-0.25, -0.2) is 9.18 Å². The SMILES string of the molecule is COC(=O)C1=C(N)N(c2cccc(F)c2)C2=C(C(=O)[C@@H](C(=O)OC)[C@H](c3ccccc3)C2)[C@@H]1c1cccs1. The molecule has 0 unspecified atom stereocenters. The number of anilines is 1. The summed E-state index contributed by atoms with van der Waals surface area (Å²) in [5.74, 6) is -4.90. The molecule has 0 amide bonds. The van der Waals surface area contributed by atoms with Gasteiger partial charge in [0.05, 0.1) is 31.4 Å². The van der Waals surface area contributed by atoms with Crippen LogP contribution in [0.5, 0.6) is 0 Å². The van der Waals surface area contributed by atoms with Gasteiger partial charge in [-0.15, -0.1) is 11.3 Å². The third kappa shape index (κ3) is 4.18. The summed E-state index contributed by atoms with van der Waals surface area (Å²) in [6.45, 7) is 0. The molecule has 2 heterocycles. The van der Waals surface area contributed by atoms with Crippen LogP contribution < -0.4 is 10.6 Å². The molecule has 1 aliphatic carbocycles. The smallest absolute Gasteiger partial charge is 0.338 e. The van der Waals surface area contributed by atoms with Crippen molar-refractivity contribution in [3.8, 4) is 0 Å². The van der Waals surface area contributed by atoms with E-state index in [2.05, 4.69) is 0 Å². The minimum atomic E-state index is -1.14. The van der Waals surface area contributed by atoms with E-state index < -0.39 is 41.3 Å². The zero-order chi connectivity index (χ0) is 27.0.